The number of fused-ring (bicyclic) bond motifs is 1. The number of nitrogens with one attached hydrogen (secondary N) is 1. The highest BCUT2D eigenvalue weighted by Crippen LogP contribution is 2.40. The van der Waals surface area contributed by atoms with E-state index >= 15 is 0 Å². The third-order valence-electron chi connectivity index (χ3n) is 6.02. The number of carbonyl (C=O) groups excluding carboxylic acids is 2. The predicted molar refractivity (Wildman–Crippen MR) is 138 cm³/mol. The largest absolute Gasteiger partial charge is 0.336 e. The predicted octanol–water partition coefficient (Wildman–Crippen LogP) is 5.38. The van der Waals surface area contributed by atoms with Crippen LogP contribution in [0.25, 0.3) is 6.08 Å². The molecule has 3 aromatic rings. The molecule has 0 saturated carbocycles. The summed E-state index contributed by atoms with van der Waals surface area (Å²) in [6, 6.07) is 23.3. The molecule has 2 amide bonds. The van der Waals surface area contributed by atoms with E-state index in [0.717, 1.165) is 30.1 Å². The Labute approximate surface area is 208 Å². The Balaban J connectivity index is 1.25. The minimum Gasteiger partial charge on any atom is -0.336 e. The lowest BCUT2D eigenvalue weighted by Crippen LogP contribution is -2.48. The first-order valence-corrected chi connectivity index (χ1v) is 12.4. The van der Waals surface area contributed by atoms with E-state index in [9.17, 15) is 9.59 Å². The molecule has 5 rings (SSSR count). The fourth-order valence-electron chi connectivity index (χ4n) is 4.16. The minimum absolute atomic E-state index is 0.00110. The van der Waals surface area contributed by atoms with E-state index in [1.54, 1.807) is 18.2 Å². The van der Waals surface area contributed by atoms with Gasteiger partial charge in [0.2, 0.25) is 0 Å². The molecule has 34 heavy (non-hydrogen) atoms. The summed E-state index contributed by atoms with van der Waals surface area (Å²) in [7, 11) is 0. The van der Waals surface area contributed by atoms with Crippen molar-refractivity contribution < 1.29 is 9.59 Å². The lowest BCUT2D eigenvalue weighted by Gasteiger charge is -2.35. The van der Waals surface area contributed by atoms with Crippen molar-refractivity contribution in [3.63, 3.8) is 0 Å². The summed E-state index contributed by atoms with van der Waals surface area (Å²) < 4.78 is 0. The molecule has 5 nitrogen and oxygen atoms in total. The molecule has 7 heteroatoms. The van der Waals surface area contributed by atoms with Gasteiger partial charge in [0.05, 0.1) is 10.6 Å². The summed E-state index contributed by atoms with van der Waals surface area (Å²) in [5, 5.41) is 3.53. The van der Waals surface area contributed by atoms with E-state index in [1.165, 1.54) is 17.3 Å². The van der Waals surface area contributed by atoms with Crippen LogP contribution in [0.3, 0.4) is 0 Å². The Kier molecular flexibility index (Phi) is 6.72. The second-order valence-corrected chi connectivity index (χ2v) is 9.84. The Bertz CT molecular complexity index is 1250. The molecule has 0 bridgehead atoms. The monoisotopic (exact) mass is 489 g/mol. The van der Waals surface area contributed by atoms with Crippen LogP contribution in [0.1, 0.15) is 21.5 Å². The Morgan fingerprint density at radius 3 is 2.47 bits per heavy atom. The summed E-state index contributed by atoms with van der Waals surface area (Å²) in [5.41, 5.74) is 3.34. The molecule has 1 fully saturated rings. The van der Waals surface area contributed by atoms with E-state index < -0.39 is 0 Å². The number of hydrogen-bond acceptors (Lipinski definition) is 4. The van der Waals surface area contributed by atoms with E-state index in [1.807, 2.05) is 41.3 Å². The zero-order valence-corrected chi connectivity index (χ0v) is 20.1. The number of carbonyl (C=O) groups is 2. The highest BCUT2D eigenvalue weighted by atomic mass is 35.5. The molecule has 0 aliphatic carbocycles. The Morgan fingerprint density at radius 1 is 0.971 bits per heavy atom. The molecule has 0 unspecified atom stereocenters. The maximum absolute atomic E-state index is 13.1. The van der Waals surface area contributed by atoms with Gasteiger partial charge in [-0.2, -0.15) is 0 Å². The second kappa shape index (κ2) is 10.1. The number of thioether (sulfide) groups is 1. The molecular weight excluding hydrogens is 466 g/mol. The maximum Gasteiger partial charge on any atom is 0.262 e. The van der Waals surface area contributed by atoms with Crippen LogP contribution in [0, 0.1) is 0 Å². The molecule has 0 aromatic heterocycles. The van der Waals surface area contributed by atoms with Crippen molar-refractivity contribution >= 4 is 46.9 Å². The number of piperazine rings is 1. The number of amides is 2. The molecule has 0 spiro atoms. The van der Waals surface area contributed by atoms with E-state index in [4.69, 9.17) is 11.6 Å². The van der Waals surface area contributed by atoms with Crippen molar-refractivity contribution in [2.45, 2.75) is 11.4 Å². The van der Waals surface area contributed by atoms with Crippen LogP contribution in [-0.4, -0.2) is 47.8 Å². The topological polar surface area (TPSA) is 52.7 Å². The number of nitrogens with zero attached hydrogens (tertiary/aromatic N) is 2. The van der Waals surface area contributed by atoms with Crippen LogP contribution in [0.5, 0.6) is 0 Å². The first-order chi connectivity index (χ1) is 16.6. The fourth-order valence-corrected chi connectivity index (χ4v) is 5.27. The SMILES string of the molecule is O=C1Nc2cc(C(=O)N3CCN(Cc4ccccc4)CC3)ccc2SC1=Cc1ccccc1Cl. The highest BCUT2D eigenvalue weighted by Gasteiger charge is 2.26. The van der Waals surface area contributed by atoms with Gasteiger partial charge in [-0.3, -0.25) is 14.5 Å². The summed E-state index contributed by atoms with van der Waals surface area (Å²) in [4.78, 5) is 31.6. The van der Waals surface area contributed by atoms with Crippen LogP contribution in [0.4, 0.5) is 5.69 Å². The molecule has 172 valence electrons. The molecule has 1 N–H and O–H groups in total. The van der Waals surface area contributed by atoms with Crippen LogP contribution < -0.4 is 5.32 Å². The van der Waals surface area contributed by atoms with Crippen LogP contribution in [0.15, 0.2) is 82.6 Å². The van der Waals surface area contributed by atoms with Crippen molar-refractivity contribution in [1.29, 1.82) is 0 Å². The van der Waals surface area contributed by atoms with Gasteiger partial charge in [0.15, 0.2) is 0 Å². The minimum atomic E-state index is -0.198. The van der Waals surface area contributed by atoms with Gasteiger partial charge in [0, 0.05) is 48.2 Å². The standard InChI is InChI=1S/C27H24ClN3O2S/c28-22-9-5-4-8-20(22)17-25-26(32)29-23-16-21(10-11-24(23)34-25)27(33)31-14-12-30(13-15-31)18-19-6-2-1-3-7-19/h1-11,16-17H,12-15,18H2,(H,29,32). The summed E-state index contributed by atoms with van der Waals surface area (Å²) in [6.07, 6.45) is 1.79. The van der Waals surface area contributed by atoms with Crippen molar-refractivity contribution in [1.82, 2.24) is 9.80 Å². The number of rotatable bonds is 4. The summed E-state index contributed by atoms with van der Waals surface area (Å²) >= 11 is 7.62. The van der Waals surface area contributed by atoms with Gasteiger partial charge in [0.1, 0.15) is 0 Å². The zero-order valence-electron chi connectivity index (χ0n) is 18.5. The van der Waals surface area contributed by atoms with E-state index in [-0.39, 0.29) is 11.8 Å². The molecule has 0 radical (unpaired) electrons. The highest BCUT2D eigenvalue weighted by molar-refractivity contribution is 8.04. The molecule has 3 aromatic carbocycles. The Morgan fingerprint density at radius 2 is 1.71 bits per heavy atom. The first-order valence-electron chi connectivity index (χ1n) is 11.2. The molecule has 2 aliphatic rings. The maximum atomic E-state index is 13.1. The molecule has 2 aliphatic heterocycles. The first kappa shape index (κ1) is 22.7. The summed E-state index contributed by atoms with van der Waals surface area (Å²) in [6.45, 7) is 3.96. The van der Waals surface area contributed by atoms with E-state index in [0.29, 0.717) is 34.3 Å². The summed E-state index contributed by atoms with van der Waals surface area (Å²) in [5.74, 6) is -0.199. The average molecular weight is 490 g/mol. The third kappa shape index (κ3) is 5.04. The number of hydrogen-bond donors (Lipinski definition) is 1. The fraction of sp³-hybridized carbons (Fsp3) is 0.185. The van der Waals surface area contributed by atoms with Gasteiger partial charge in [-0.15, -0.1) is 0 Å². The van der Waals surface area contributed by atoms with Crippen molar-refractivity contribution in [2.75, 3.05) is 31.5 Å². The van der Waals surface area contributed by atoms with Crippen LogP contribution >= 0.6 is 23.4 Å². The quantitative estimate of drug-likeness (QED) is 0.500. The number of halogens is 1. The lowest BCUT2D eigenvalue weighted by molar-refractivity contribution is -0.112. The van der Waals surface area contributed by atoms with Gasteiger partial charge < -0.3 is 10.2 Å². The van der Waals surface area contributed by atoms with E-state index in [2.05, 4.69) is 34.5 Å². The molecule has 2 heterocycles. The molecule has 0 atom stereocenters. The van der Waals surface area contributed by atoms with Crippen molar-refractivity contribution in [3.8, 4) is 0 Å². The zero-order chi connectivity index (χ0) is 23.5. The Hall–Kier alpha value is -3.06. The second-order valence-electron chi connectivity index (χ2n) is 8.35. The van der Waals surface area contributed by atoms with Gasteiger partial charge in [0.25, 0.3) is 11.8 Å². The van der Waals surface area contributed by atoms with Crippen molar-refractivity contribution in [3.05, 3.63) is 99.4 Å². The van der Waals surface area contributed by atoms with Crippen molar-refractivity contribution in [2.24, 2.45) is 0 Å². The lowest BCUT2D eigenvalue weighted by atomic mass is 10.1. The van der Waals surface area contributed by atoms with Crippen LogP contribution in [0.2, 0.25) is 5.02 Å². The molecular formula is C27H24ClN3O2S. The number of anilines is 1. The number of benzene rings is 3. The van der Waals surface area contributed by atoms with Gasteiger partial charge in [-0.1, -0.05) is 71.9 Å². The average Bonchev–Trinajstić information content (AvgIpc) is 2.86. The van der Waals surface area contributed by atoms with Gasteiger partial charge in [-0.05, 0) is 41.5 Å². The third-order valence-corrected chi connectivity index (χ3v) is 7.46. The van der Waals surface area contributed by atoms with Gasteiger partial charge in [-0.25, -0.2) is 0 Å². The smallest absolute Gasteiger partial charge is 0.262 e. The normalized spacial score (nSPS) is 17.4. The van der Waals surface area contributed by atoms with Crippen LogP contribution in [-0.2, 0) is 11.3 Å². The van der Waals surface area contributed by atoms with Gasteiger partial charge >= 0.3 is 0 Å². The molecule has 1 saturated heterocycles.